The zero-order valence-electron chi connectivity index (χ0n) is 15.3. The van der Waals surface area contributed by atoms with E-state index in [-0.39, 0.29) is 24.4 Å². The maximum atomic E-state index is 12.1. The topological polar surface area (TPSA) is 79.5 Å². The Morgan fingerprint density at radius 3 is 2.38 bits per heavy atom. The molecule has 2 rings (SSSR count). The number of carbonyl (C=O) groups is 2. The van der Waals surface area contributed by atoms with Crippen molar-refractivity contribution in [3.8, 4) is 5.75 Å². The van der Waals surface area contributed by atoms with Gasteiger partial charge in [-0.15, -0.1) is 0 Å². The summed E-state index contributed by atoms with van der Waals surface area (Å²) in [6, 6.07) is 14.7. The molecule has 0 saturated heterocycles. The number of nitrogens with one attached hydrogen (secondary N) is 3. The second kappa shape index (κ2) is 9.46. The van der Waals surface area contributed by atoms with Gasteiger partial charge in [-0.3, -0.25) is 4.79 Å². The van der Waals surface area contributed by atoms with Crippen molar-refractivity contribution in [1.29, 1.82) is 0 Å². The van der Waals surface area contributed by atoms with Gasteiger partial charge in [-0.1, -0.05) is 30.3 Å². The van der Waals surface area contributed by atoms with E-state index in [0.29, 0.717) is 18.0 Å². The molecule has 0 aliphatic rings. The third-order valence-corrected chi connectivity index (χ3v) is 3.66. The third-order valence-electron chi connectivity index (χ3n) is 3.66. The normalized spacial score (nSPS) is 10.3. The Hall–Kier alpha value is -3.02. The Bertz CT molecular complexity index is 742. The fraction of sp³-hybridized carbons (Fsp3) is 0.300. The summed E-state index contributed by atoms with van der Waals surface area (Å²) in [7, 11) is 1.59. The van der Waals surface area contributed by atoms with Crippen molar-refractivity contribution >= 4 is 17.6 Å². The molecule has 2 aromatic rings. The van der Waals surface area contributed by atoms with E-state index in [1.54, 1.807) is 7.11 Å². The number of hydrogen-bond acceptors (Lipinski definition) is 3. The van der Waals surface area contributed by atoms with E-state index in [1.807, 2.05) is 62.4 Å². The number of methoxy groups -OCH3 is 1. The van der Waals surface area contributed by atoms with Gasteiger partial charge >= 0.3 is 6.03 Å². The standard InChI is InChI=1S/C20H25N3O3/c1-14(2)22-20(25)23-17-10-8-15(9-11-17)13-21-19(24)12-16-6-4-5-7-18(16)26-3/h4-11,14H,12-13H2,1-3H3,(H,21,24)(H2,22,23,25). The lowest BCUT2D eigenvalue weighted by molar-refractivity contribution is -0.120. The number of amides is 3. The van der Waals surface area contributed by atoms with Crippen LogP contribution < -0.4 is 20.7 Å². The fourth-order valence-electron chi connectivity index (χ4n) is 2.42. The molecule has 0 fully saturated rings. The molecular formula is C20H25N3O3. The van der Waals surface area contributed by atoms with E-state index in [2.05, 4.69) is 16.0 Å². The Balaban J connectivity index is 1.83. The summed E-state index contributed by atoms with van der Waals surface area (Å²) in [6.07, 6.45) is 0.263. The number of ether oxygens (including phenoxy) is 1. The molecule has 0 aromatic heterocycles. The highest BCUT2D eigenvalue weighted by Gasteiger charge is 2.08. The largest absolute Gasteiger partial charge is 0.496 e. The lowest BCUT2D eigenvalue weighted by atomic mass is 10.1. The number of carbonyl (C=O) groups excluding carboxylic acids is 2. The molecule has 0 aliphatic carbocycles. The molecular weight excluding hydrogens is 330 g/mol. The Morgan fingerprint density at radius 1 is 1.04 bits per heavy atom. The van der Waals surface area contributed by atoms with Crippen molar-refractivity contribution in [3.63, 3.8) is 0 Å². The van der Waals surface area contributed by atoms with Gasteiger partial charge in [-0.05, 0) is 37.6 Å². The van der Waals surface area contributed by atoms with Crippen LogP contribution in [-0.4, -0.2) is 25.1 Å². The molecule has 0 aliphatic heterocycles. The molecule has 0 atom stereocenters. The minimum absolute atomic E-state index is 0.0759. The summed E-state index contributed by atoms with van der Waals surface area (Å²) in [4.78, 5) is 23.8. The van der Waals surface area contributed by atoms with Crippen molar-refractivity contribution in [3.05, 3.63) is 59.7 Å². The van der Waals surface area contributed by atoms with Crippen LogP contribution in [0.15, 0.2) is 48.5 Å². The lowest BCUT2D eigenvalue weighted by Crippen LogP contribution is -2.34. The number of rotatable bonds is 7. The van der Waals surface area contributed by atoms with E-state index in [4.69, 9.17) is 4.74 Å². The molecule has 26 heavy (non-hydrogen) atoms. The summed E-state index contributed by atoms with van der Waals surface area (Å²) in [5.74, 6) is 0.630. The van der Waals surface area contributed by atoms with Crippen molar-refractivity contribution in [2.45, 2.75) is 32.9 Å². The molecule has 0 bridgehead atoms. The van der Waals surface area contributed by atoms with E-state index in [1.165, 1.54) is 0 Å². The van der Waals surface area contributed by atoms with Gasteiger partial charge in [-0.25, -0.2) is 4.79 Å². The highest BCUT2D eigenvalue weighted by molar-refractivity contribution is 5.89. The Morgan fingerprint density at radius 2 is 1.73 bits per heavy atom. The zero-order chi connectivity index (χ0) is 18.9. The monoisotopic (exact) mass is 355 g/mol. The highest BCUT2D eigenvalue weighted by Crippen LogP contribution is 2.17. The van der Waals surface area contributed by atoms with Crippen LogP contribution in [0.4, 0.5) is 10.5 Å². The first-order valence-electron chi connectivity index (χ1n) is 8.53. The van der Waals surface area contributed by atoms with Gasteiger partial charge in [-0.2, -0.15) is 0 Å². The predicted molar refractivity (Wildman–Crippen MR) is 102 cm³/mol. The van der Waals surface area contributed by atoms with Crippen LogP contribution in [0.2, 0.25) is 0 Å². The average Bonchev–Trinajstić information content (AvgIpc) is 2.61. The molecule has 6 nitrogen and oxygen atoms in total. The number of benzene rings is 2. The third kappa shape index (κ3) is 6.12. The van der Waals surface area contributed by atoms with Crippen molar-refractivity contribution in [1.82, 2.24) is 10.6 Å². The smallest absolute Gasteiger partial charge is 0.319 e. The van der Waals surface area contributed by atoms with Crippen LogP contribution in [-0.2, 0) is 17.8 Å². The quantitative estimate of drug-likeness (QED) is 0.714. The summed E-state index contributed by atoms with van der Waals surface area (Å²) >= 11 is 0. The maximum absolute atomic E-state index is 12.1. The second-order valence-corrected chi connectivity index (χ2v) is 6.22. The number of para-hydroxylation sites is 1. The van der Waals surface area contributed by atoms with Crippen molar-refractivity contribution < 1.29 is 14.3 Å². The maximum Gasteiger partial charge on any atom is 0.319 e. The number of urea groups is 1. The number of anilines is 1. The summed E-state index contributed by atoms with van der Waals surface area (Å²) in [6.45, 7) is 4.22. The van der Waals surface area contributed by atoms with E-state index in [0.717, 1.165) is 11.1 Å². The van der Waals surface area contributed by atoms with Crippen molar-refractivity contribution in [2.24, 2.45) is 0 Å². The van der Waals surface area contributed by atoms with Gasteiger partial charge in [0.2, 0.25) is 5.91 Å². The van der Waals surface area contributed by atoms with Crippen LogP contribution in [0, 0.1) is 0 Å². The van der Waals surface area contributed by atoms with Gasteiger partial charge in [0.25, 0.3) is 0 Å². The predicted octanol–water partition coefficient (Wildman–Crippen LogP) is 3.08. The fourth-order valence-corrected chi connectivity index (χ4v) is 2.42. The van der Waals surface area contributed by atoms with Crippen LogP contribution in [0.25, 0.3) is 0 Å². The van der Waals surface area contributed by atoms with Crippen LogP contribution >= 0.6 is 0 Å². The van der Waals surface area contributed by atoms with Gasteiger partial charge < -0.3 is 20.7 Å². The first kappa shape index (κ1) is 19.3. The molecule has 3 amide bonds. The zero-order valence-corrected chi connectivity index (χ0v) is 15.3. The second-order valence-electron chi connectivity index (χ2n) is 6.22. The molecule has 138 valence electrons. The highest BCUT2D eigenvalue weighted by atomic mass is 16.5. The van der Waals surface area contributed by atoms with Gasteiger partial charge in [0, 0.05) is 23.8 Å². The van der Waals surface area contributed by atoms with Gasteiger partial charge in [0.05, 0.1) is 13.5 Å². The van der Waals surface area contributed by atoms with E-state index >= 15 is 0 Å². The minimum atomic E-state index is -0.238. The molecule has 0 radical (unpaired) electrons. The van der Waals surface area contributed by atoms with E-state index < -0.39 is 0 Å². The summed E-state index contributed by atoms with van der Waals surface area (Å²) in [5.41, 5.74) is 2.50. The number of hydrogen-bond donors (Lipinski definition) is 3. The minimum Gasteiger partial charge on any atom is -0.496 e. The Labute approximate surface area is 153 Å². The van der Waals surface area contributed by atoms with Gasteiger partial charge in [0.15, 0.2) is 0 Å². The average molecular weight is 355 g/mol. The summed E-state index contributed by atoms with van der Waals surface area (Å²) in [5, 5.41) is 8.41. The Kier molecular flexibility index (Phi) is 7.02. The van der Waals surface area contributed by atoms with Crippen LogP contribution in [0.3, 0.4) is 0 Å². The molecule has 0 unspecified atom stereocenters. The molecule has 0 spiro atoms. The lowest BCUT2D eigenvalue weighted by Gasteiger charge is -2.11. The molecule has 2 aromatic carbocycles. The first-order chi connectivity index (χ1) is 12.5. The molecule has 0 saturated carbocycles. The van der Waals surface area contributed by atoms with Crippen LogP contribution in [0.1, 0.15) is 25.0 Å². The first-order valence-corrected chi connectivity index (χ1v) is 8.53. The summed E-state index contributed by atoms with van der Waals surface area (Å²) < 4.78 is 5.26. The van der Waals surface area contributed by atoms with Gasteiger partial charge in [0.1, 0.15) is 5.75 Å². The SMILES string of the molecule is COc1ccccc1CC(=O)NCc1ccc(NC(=O)NC(C)C)cc1. The molecule has 0 heterocycles. The molecule has 6 heteroatoms. The van der Waals surface area contributed by atoms with Crippen molar-refractivity contribution in [2.75, 3.05) is 12.4 Å². The van der Waals surface area contributed by atoms with Crippen LogP contribution in [0.5, 0.6) is 5.75 Å². The molecule has 3 N–H and O–H groups in total. The van der Waals surface area contributed by atoms with E-state index in [9.17, 15) is 9.59 Å².